The molecule has 0 spiro atoms. The summed E-state index contributed by atoms with van der Waals surface area (Å²) in [4.78, 5) is 33.5. The summed E-state index contributed by atoms with van der Waals surface area (Å²) in [6.07, 6.45) is 4.00. The molecule has 1 aromatic carbocycles. The number of nitrogens with one attached hydrogen (secondary N) is 2. The van der Waals surface area contributed by atoms with Gasteiger partial charge in [-0.3, -0.25) is 14.6 Å². The number of nitrogens with zero attached hydrogens (tertiary/aromatic N) is 2. The van der Waals surface area contributed by atoms with E-state index in [0.29, 0.717) is 11.2 Å². The lowest BCUT2D eigenvalue weighted by Crippen LogP contribution is -2.17. The van der Waals surface area contributed by atoms with Crippen LogP contribution < -0.4 is 10.9 Å². The molecule has 6 nitrogen and oxygen atoms in total. The van der Waals surface area contributed by atoms with E-state index in [1.165, 1.54) is 6.20 Å². The van der Waals surface area contributed by atoms with Crippen LogP contribution >= 0.6 is 15.9 Å². The molecular weight excluding hydrogens is 336 g/mol. The summed E-state index contributed by atoms with van der Waals surface area (Å²) in [5.74, 6) is -0.413. The normalized spacial score (nSPS) is 10.5. The number of carbonyl (C=O) groups is 1. The van der Waals surface area contributed by atoms with Gasteiger partial charge < -0.3 is 10.3 Å². The minimum atomic E-state index is -0.413. The fraction of sp³-hybridized carbons (Fsp3) is 0. The molecule has 0 atom stereocenters. The molecule has 3 rings (SSSR count). The molecule has 2 heterocycles. The van der Waals surface area contributed by atoms with Crippen molar-refractivity contribution in [2.75, 3.05) is 5.32 Å². The predicted molar refractivity (Wildman–Crippen MR) is 82.3 cm³/mol. The zero-order valence-electron chi connectivity index (χ0n) is 10.6. The number of pyridine rings is 1. The Morgan fingerprint density at radius 3 is 2.86 bits per heavy atom. The summed E-state index contributed by atoms with van der Waals surface area (Å²) in [6, 6.07) is 7.40. The van der Waals surface area contributed by atoms with Crippen molar-refractivity contribution in [2.45, 2.75) is 0 Å². The van der Waals surface area contributed by atoms with Crippen molar-refractivity contribution in [1.82, 2.24) is 15.0 Å². The number of amides is 1. The Balaban J connectivity index is 1.96. The van der Waals surface area contributed by atoms with Crippen LogP contribution in [-0.4, -0.2) is 20.9 Å². The third-order valence-electron chi connectivity index (χ3n) is 2.83. The van der Waals surface area contributed by atoms with Crippen LogP contribution in [0.4, 0.5) is 5.69 Å². The second kappa shape index (κ2) is 5.45. The Labute approximate surface area is 127 Å². The fourth-order valence-electron chi connectivity index (χ4n) is 1.89. The molecule has 0 radical (unpaired) electrons. The Morgan fingerprint density at radius 1 is 1.24 bits per heavy atom. The first-order valence-corrected chi connectivity index (χ1v) is 6.83. The fourth-order valence-corrected chi connectivity index (χ4v) is 2.24. The van der Waals surface area contributed by atoms with E-state index in [-0.39, 0.29) is 11.3 Å². The van der Waals surface area contributed by atoms with Crippen molar-refractivity contribution in [2.24, 2.45) is 0 Å². The summed E-state index contributed by atoms with van der Waals surface area (Å²) < 4.78 is 0.862. The number of benzene rings is 1. The van der Waals surface area contributed by atoms with Gasteiger partial charge in [-0.15, -0.1) is 0 Å². The standard InChI is InChI=1S/C14H9BrN4O2/c15-9-4-8-2-1-3-10(13(8)18-5-9)19-14(21)11-6-17-12(20)7-16-11/h1-7H,(H,17,20)(H,19,21). The Morgan fingerprint density at radius 2 is 2.10 bits per heavy atom. The summed E-state index contributed by atoms with van der Waals surface area (Å²) >= 11 is 3.36. The average molecular weight is 345 g/mol. The van der Waals surface area contributed by atoms with Gasteiger partial charge in [0.05, 0.1) is 17.4 Å². The van der Waals surface area contributed by atoms with Crippen LogP contribution in [0.5, 0.6) is 0 Å². The molecule has 0 aliphatic heterocycles. The lowest BCUT2D eigenvalue weighted by molar-refractivity contribution is 0.102. The van der Waals surface area contributed by atoms with E-state index in [1.54, 1.807) is 12.3 Å². The van der Waals surface area contributed by atoms with Crippen molar-refractivity contribution in [3.05, 3.63) is 63.4 Å². The molecular formula is C14H9BrN4O2. The Kier molecular flexibility index (Phi) is 3.49. The molecule has 3 aromatic rings. The highest BCUT2D eigenvalue weighted by atomic mass is 79.9. The quantitative estimate of drug-likeness (QED) is 0.746. The number of carbonyl (C=O) groups excluding carboxylic acids is 1. The lowest BCUT2D eigenvalue weighted by atomic mass is 10.2. The van der Waals surface area contributed by atoms with Crippen LogP contribution in [0, 0.1) is 0 Å². The van der Waals surface area contributed by atoms with E-state index in [0.717, 1.165) is 16.1 Å². The van der Waals surface area contributed by atoms with E-state index in [9.17, 15) is 9.59 Å². The second-order valence-electron chi connectivity index (χ2n) is 4.28. The molecule has 7 heteroatoms. The van der Waals surface area contributed by atoms with Gasteiger partial charge in [0.1, 0.15) is 5.69 Å². The maximum Gasteiger partial charge on any atom is 0.275 e. The van der Waals surface area contributed by atoms with Crippen LogP contribution in [0.1, 0.15) is 10.5 Å². The monoisotopic (exact) mass is 344 g/mol. The van der Waals surface area contributed by atoms with E-state index in [2.05, 4.69) is 36.2 Å². The van der Waals surface area contributed by atoms with Gasteiger partial charge in [-0.05, 0) is 28.1 Å². The van der Waals surface area contributed by atoms with Crippen LogP contribution in [0.15, 0.2) is 52.1 Å². The van der Waals surface area contributed by atoms with Gasteiger partial charge in [-0.1, -0.05) is 12.1 Å². The third-order valence-corrected chi connectivity index (χ3v) is 3.26. The highest BCUT2D eigenvalue weighted by Gasteiger charge is 2.10. The first kappa shape index (κ1) is 13.4. The molecule has 0 saturated carbocycles. The minimum Gasteiger partial charge on any atom is -0.325 e. The van der Waals surface area contributed by atoms with Crippen molar-refractivity contribution in [1.29, 1.82) is 0 Å². The molecule has 0 aliphatic carbocycles. The first-order chi connectivity index (χ1) is 10.1. The maximum atomic E-state index is 12.1. The largest absolute Gasteiger partial charge is 0.325 e. The summed E-state index contributed by atoms with van der Waals surface area (Å²) in [6.45, 7) is 0. The number of fused-ring (bicyclic) bond motifs is 1. The van der Waals surface area contributed by atoms with Gasteiger partial charge in [0.25, 0.3) is 11.5 Å². The van der Waals surface area contributed by atoms with E-state index >= 15 is 0 Å². The molecule has 1 amide bonds. The smallest absolute Gasteiger partial charge is 0.275 e. The van der Waals surface area contributed by atoms with Gasteiger partial charge >= 0.3 is 0 Å². The second-order valence-corrected chi connectivity index (χ2v) is 5.20. The van der Waals surface area contributed by atoms with Crippen molar-refractivity contribution < 1.29 is 4.79 Å². The van der Waals surface area contributed by atoms with Crippen LogP contribution in [0.3, 0.4) is 0 Å². The number of halogens is 1. The number of rotatable bonds is 2. The van der Waals surface area contributed by atoms with E-state index < -0.39 is 5.91 Å². The predicted octanol–water partition coefficient (Wildman–Crippen LogP) is 2.33. The highest BCUT2D eigenvalue weighted by Crippen LogP contribution is 2.24. The third kappa shape index (κ3) is 2.82. The first-order valence-electron chi connectivity index (χ1n) is 6.04. The molecule has 0 bridgehead atoms. The van der Waals surface area contributed by atoms with Gasteiger partial charge in [0, 0.05) is 22.3 Å². The van der Waals surface area contributed by atoms with E-state index in [4.69, 9.17) is 0 Å². The Bertz CT molecular complexity index is 871. The lowest BCUT2D eigenvalue weighted by Gasteiger charge is -2.07. The summed E-state index contributed by atoms with van der Waals surface area (Å²) in [5, 5.41) is 3.64. The number of aromatic nitrogens is 3. The average Bonchev–Trinajstić information content (AvgIpc) is 2.47. The number of aromatic amines is 1. The number of H-pyrrole nitrogens is 1. The van der Waals surface area contributed by atoms with Gasteiger partial charge in [0.15, 0.2) is 0 Å². The highest BCUT2D eigenvalue weighted by molar-refractivity contribution is 9.10. The molecule has 2 aromatic heterocycles. The number of anilines is 1. The van der Waals surface area contributed by atoms with Gasteiger partial charge in [-0.25, -0.2) is 4.98 Å². The molecule has 104 valence electrons. The SMILES string of the molecule is O=C(Nc1cccc2cc(Br)cnc12)c1c[nH]c(=O)cn1. The summed E-state index contributed by atoms with van der Waals surface area (Å²) in [7, 11) is 0. The van der Waals surface area contributed by atoms with Crippen LogP contribution in [0.2, 0.25) is 0 Å². The number of para-hydroxylation sites is 1. The molecule has 0 aliphatic rings. The zero-order chi connectivity index (χ0) is 14.8. The van der Waals surface area contributed by atoms with E-state index in [1.807, 2.05) is 18.2 Å². The molecule has 0 saturated heterocycles. The molecule has 21 heavy (non-hydrogen) atoms. The van der Waals surface area contributed by atoms with Crippen molar-refractivity contribution in [3.8, 4) is 0 Å². The van der Waals surface area contributed by atoms with Gasteiger partial charge in [0.2, 0.25) is 0 Å². The number of hydrogen-bond acceptors (Lipinski definition) is 4. The van der Waals surface area contributed by atoms with Crippen molar-refractivity contribution in [3.63, 3.8) is 0 Å². The van der Waals surface area contributed by atoms with Gasteiger partial charge in [-0.2, -0.15) is 0 Å². The number of hydrogen-bond donors (Lipinski definition) is 2. The topological polar surface area (TPSA) is 87.7 Å². The molecule has 2 N–H and O–H groups in total. The van der Waals surface area contributed by atoms with Crippen LogP contribution in [-0.2, 0) is 0 Å². The Hall–Kier alpha value is -2.54. The van der Waals surface area contributed by atoms with Crippen LogP contribution in [0.25, 0.3) is 10.9 Å². The maximum absolute atomic E-state index is 12.1. The summed E-state index contributed by atoms with van der Waals surface area (Å²) in [5.41, 5.74) is 1.03. The molecule has 0 unspecified atom stereocenters. The zero-order valence-corrected chi connectivity index (χ0v) is 12.2. The minimum absolute atomic E-state index is 0.128. The molecule has 0 fully saturated rings. The van der Waals surface area contributed by atoms with Crippen molar-refractivity contribution >= 4 is 38.4 Å².